The fraction of sp³-hybridized carbons (Fsp3) is 0.929. The summed E-state index contributed by atoms with van der Waals surface area (Å²) in [6, 6.07) is 0.0137. The second kappa shape index (κ2) is 6.39. The zero-order chi connectivity index (χ0) is 12.1. The van der Waals surface area contributed by atoms with E-state index < -0.39 is 0 Å². The molecular weight excluding hydrogens is 214 g/mol. The van der Waals surface area contributed by atoms with Gasteiger partial charge in [0.25, 0.3) is 0 Å². The highest BCUT2D eigenvalue weighted by atomic mass is 16.3. The molecule has 0 aromatic heterocycles. The zero-order valence-electron chi connectivity index (χ0n) is 10.7. The summed E-state index contributed by atoms with van der Waals surface area (Å²) in [7, 11) is 0. The van der Waals surface area contributed by atoms with Crippen molar-refractivity contribution in [3.8, 4) is 0 Å². The van der Waals surface area contributed by atoms with E-state index >= 15 is 0 Å². The van der Waals surface area contributed by atoms with Gasteiger partial charge in [-0.15, -0.1) is 0 Å². The average Bonchev–Trinajstić information content (AvgIpc) is 2.82. The van der Waals surface area contributed by atoms with Crippen LogP contribution in [0.1, 0.15) is 64.2 Å². The Hall–Kier alpha value is -0.570. The topological polar surface area (TPSA) is 49.3 Å². The Morgan fingerprint density at radius 1 is 1.06 bits per heavy atom. The first-order valence-corrected chi connectivity index (χ1v) is 7.23. The number of amides is 1. The summed E-state index contributed by atoms with van der Waals surface area (Å²) in [6.07, 6.45) is 10.7. The van der Waals surface area contributed by atoms with Crippen LogP contribution in [0, 0.1) is 5.92 Å². The third-order valence-electron chi connectivity index (χ3n) is 4.33. The monoisotopic (exact) mass is 239 g/mol. The number of rotatable bonds is 4. The molecule has 98 valence electrons. The van der Waals surface area contributed by atoms with E-state index in [1.807, 2.05) is 0 Å². The summed E-state index contributed by atoms with van der Waals surface area (Å²) in [4.78, 5) is 11.8. The lowest BCUT2D eigenvalue weighted by Gasteiger charge is -2.28. The summed E-state index contributed by atoms with van der Waals surface area (Å²) in [5.74, 6) is 0.917. The van der Waals surface area contributed by atoms with Crippen molar-refractivity contribution < 1.29 is 9.90 Å². The van der Waals surface area contributed by atoms with Crippen LogP contribution in [0.5, 0.6) is 0 Å². The van der Waals surface area contributed by atoms with Crippen LogP contribution in [0.4, 0.5) is 0 Å². The van der Waals surface area contributed by atoms with E-state index in [1.54, 1.807) is 0 Å². The average molecular weight is 239 g/mol. The van der Waals surface area contributed by atoms with E-state index in [4.69, 9.17) is 0 Å². The number of carbonyl (C=O) groups excluding carboxylic acids is 1. The molecule has 17 heavy (non-hydrogen) atoms. The Bertz CT molecular complexity index is 249. The molecule has 3 nitrogen and oxygen atoms in total. The number of aliphatic hydroxyl groups excluding tert-OH is 1. The van der Waals surface area contributed by atoms with Gasteiger partial charge < -0.3 is 10.4 Å². The van der Waals surface area contributed by atoms with Gasteiger partial charge in [-0.2, -0.15) is 0 Å². The van der Waals surface area contributed by atoms with Crippen LogP contribution in [0.2, 0.25) is 0 Å². The van der Waals surface area contributed by atoms with Crippen molar-refractivity contribution in [3.05, 3.63) is 0 Å². The Balaban J connectivity index is 1.65. The van der Waals surface area contributed by atoms with Crippen LogP contribution >= 0.6 is 0 Å². The SMILES string of the molecule is O=C(CCC1CCCC1)N[C@H]1CCCC[C@@H]1O. The van der Waals surface area contributed by atoms with Crippen molar-refractivity contribution in [3.63, 3.8) is 0 Å². The van der Waals surface area contributed by atoms with Crippen LogP contribution in [0.3, 0.4) is 0 Å². The zero-order valence-corrected chi connectivity index (χ0v) is 10.7. The molecule has 0 heterocycles. The van der Waals surface area contributed by atoms with Gasteiger partial charge in [0, 0.05) is 6.42 Å². The fourth-order valence-corrected chi connectivity index (χ4v) is 3.19. The van der Waals surface area contributed by atoms with Crippen molar-refractivity contribution in [2.75, 3.05) is 0 Å². The third-order valence-corrected chi connectivity index (χ3v) is 4.33. The number of hydrogen-bond acceptors (Lipinski definition) is 2. The van der Waals surface area contributed by atoms with Gasteiger partial charge in [0.2, 0.25) is 5.91 Å². The second-order valence-electron chi connectivity index (χ2n) is 5.71. The molecule has 2 fully saturated rings. The van der Waals surface area contributed by atoms with Crippen LogP contribution in [-0.2, 0) is 4.79 Å². The van der Waals surface area contributed by atoms with E-state index in [9.17, 15) is 9.90 Å². The second-order valence-corrected chi connectivity index (χ2v) is 5.71. The van der Waals surface area contributed by atoms with Crippen molar-refractivity contribution >= 4 is 5.91 Å². The molecule has 2 aliphatic carbocycles. The lowest BCUT2D eigenvalue weighted by molar-refractivity contribution is -0.123. The molecule has 0 radical (unpaired) electrons. The largest absolute Gasteiger partial charge is 0.391 e. The molecule has 0 aromatic carbocycles. The first-order valence-electron chi connectivity index (χ1n) is 7.23. The van der Waals surface area contributed by atoms with Gasteiger partial charge in [0.15, 0.2) is 0 Å². The van der Waals surface area contributed by atoms with Crippen molar-refractivity contribution in [1.29, 1.82) is 0 Å². The van der Waals surface area contributed by atoms with E-state index in [2.05, 4.69) is 5.32 Å². The number of nitrogens with one attached hydrogen (secondary N) is 1. The van der Waals surface area contributed by atoms with Crippen LogP contribution in [0.15, 0.2) is 0 Å². The van der Waals surface area contributed by atoms with E-state index in [-0.39, 0.29) is 18.1 Å². The summed E-state index contributed by atoms with van der Waals surface area (Å²) in [5, 5.41) is 12.8. The molecule has 2 aliphatic rings. The lowest BCUT2D eigenvalue weighted by Crippen LogP contribution is -2.45. The molecule has 0 bridgehead atoms. The summed E-state index contributed by atoms with van der Waals surface area (Å²) in [6.45, 7) is 0. The minimum atomic E-state index is -0.320. The first kappa shape index (κ1) is 12.9. The van der Waals surface area contributed by atoms with E-state index in [1.165, 1.54) is 25.7 Å². The van der Waals surface area contributed by atoms with Crippen molar-refractivity contribution in [1.82, 2.24) is 5.32 Å². The summed E-state index contributed by atoms with van der Waals surface area (Å²) < 4.78 is 0. The van der Waals surface area contributed by atoms with Gasteiger partial charge in [-0.1, -0.05) is 38.5 Å². The maximum atomic E-state index is 11.8. The van der Waals surface area contributed by atoms with E-state index in [0.717, 1.165) is 38.0 Å². The lowest BCUT2D eigenvalue weighted by atomic mass is 9.92. The quantitative estimate of drug-likeness (QED) is 0.791. The Kier molecular flexibility index (Phi) is 4.84. The van der Waals surface area contributed by atoms with Crippen LogP contribution in [-0.4, -0.2) is 23.2 Å². The van der Waals surface area contributed by atoms with Gasteiger partial charge in [0.1, 0.15) is 0 Å². The smallest absolute Gasteiger partial charge is 0.220 e. The summed E-state index contributed by atoms with van der Waals surface area (Å²) >= 11 is 0. The molecule has 2 N–H and O–H groups in total. The normalized spacial score (nSPS) is 30.4. The van der Waals surface area contributed by atoms with Crippen molar-refractivity contribution in [2.24, 2.45) is 5.92 Å². The molecule has 0 aliphatic heterocycles. The van der Waals surface area contributed by atoms with E-state index in [0.29, 0.717) is 6.42 Å². The maximum absolute atomic E-state index is 11.8. The summed E-state index contributed by atoms with van der Waals surface area (Å²) in [5.41, 5.74) is 0. The molecule has 2 saturated carbocycles. The molecule has 0 spiro atoms. The Morgan fingerprint density at radius 2 is 1.71 bits per heavy atom. The van der Waals surface area contributed by atoms with Crippen LogP contribution < -0.4 is 5.32 Å². The van der Waals surface area contributed by atoms with Gasteiger partial charge >= 0.3 is 0 Å². The molecule has 2 rings (SSSR count). The Labute approximate surface area is 104 Å². The van der Waals surface area contributed by atoms with Gasteiger partial charge in [-0.05, 0) is 25.2 Å². The molecule has 1 amide bonds. The molecule has 0 unspecified atom stereocenters. The van der Waals surface area contributed by atoms with Crippen molar-refractivity contribution in [2.45, 2.75) is 76.4 Å². The first-order chi connectivity index (χ1) is 8.25. The van der Waals surface area contributed by atoms with Gasteiger partial charge in [-0.3, -0.25) is 4.79 Å². The minimum Gasteiger partial charge on any atom is -0.391 e. The predicted octanol–water partition coefficient (Wildman–Crippen LogP) is 2.38. The number of carbonyl (C=O) groups is 1. The highest BCUT2D eigenvalue weighted by molar-refractivity contribution is 5.76. The number of aliphatic hydroxyl groups is 1. The highest BCUT2D eigenvalue weighted by Crippen LogP contribution is 2.28. The molecule has 0 aromatic rings. The molecule has 2 atom stereocenters. The van der Waals surface area contributed by atoms with Gasteiger partial charge in [0.05, 0.1) is 12.1 Å². The molecular formula is C14H25NO2. The fourth-order valence-electron chi connectivity index (χ4n) is 3.19. The third kappa shape index (κ3) is 3.98. The number of hydrogen-bond donors (Lipinski definition) is 2. The molecule has 0 saturated heterocycles. The molecule has 3 heteroatoms. The van der Waals surface area contributed by atoms with Gasteiger partial charge in [-0.25, -0.2) is 0 Å². The van der Waals surface area contributed by atoms with Crippen LogP contribution in [0.25, 0.3) is 0 Å². The predicted molar refractivity (Wildman–Crippen MR) is 67.6 cm³/mol. The Morgan fingerprint density at radius 3 is 2.41 bits per heavy atom. The highest BCUT2D eigenvalue weighted by Gasteiger charge is 2.24. The standard InChI is InChI=1S/C14H25NO2/c16-13-8-4-3-7-12(13)15-14(17)10-9-11-5-1-2-6-11/h11-13,16H,1-10H2,(H,15,17)/t12-,13-/m0/s1. The minimum absolute atomic E-state index is 0.0137. The maximum Gasteiger partial charge on any atom is 0.220 e.